The van der Waals surface area contributed by atoms with Crippen molar-refractivity contribution < 1.29 is 0 Å². The number of hydrogen-bond donors (Lipinski definition) is 2. The summed E-state index contributed by atoms with van der Waals surface area (Å²) in [5.41, 5.74) is 4.07. The summed E-state index contributed by atoms with van der Waals surface area (Å²) in [5.74, 6) is 0.943. The molecular weight excluding hydrogens is 150 g/mol. The van der Waals surface area contributed by atoms with E-state index in [9.17, 15) is 0 Å². The van der Waals surface area contributed by atoms with Crippen LogP contribution in [0, 0.1) is 5.92 Å². The average molecular weight is 163 g/mol. The van der Waals surface area contributed by atoms with Crippen LogP contribution in [0.1, 0.15) is 29.8 Å². The van der Waals surface area contributed by atoms with Crippen molar-refractivity contribution in [3.63, 3.8) is 0 Å². The van der Waals surface area contributed by atoms with Crippen LogP contribution in [0.5, 0.6) is 0 Å². The van der Waals surface area contributed by atoms with Crippen LogP contribution in [0.25, 0.3) is 0 Å². The zero-order valence-electron chi connectivity index (χ0n) is 7.06. The van der Waals surface area contributed by atoms with E-state index in [1.54, 1.807) is 0 Å². The van der Waals surface area contributed by atoms with Gasteiger partial charge in [-0.1, -0.05) is 0 Å². The molecule has 1 aliphatic heterocycles. The maximum Gasteiger partial charge on any atom is 0.0673 e. The van der Waals surface area contributed by atoms with Crippen LogP contribution in [0.4, 0.5) is 0 Å². The Bertz CT molecular complexity index is 299. The standard InChI is InChI=1S/C9H13N3/c1-2-6(1)3-8-7-4-10-5-9(7)12-11-8/h6,10H,1-5H2,(H,11,12). The highest BCUT2D eigenvalue weighted by molar-refractivity contribution is 5.29. The van der Waals surface area contributed by atoms with Crippen molar-refractivity contribution in [1.29, 1.82) is 0 Å². The Morgan fingerprint density at radius 2 is 2.25 bits per heavy atom. The van der Waals surface area contributed by atoms with Crippen LogP contribution in [-0.4, -0.2) is 10.2 Å². The van der Waals surface area contributed by atoms with E-state index in [4.69, 9.17) is 0 Å². The van der Waals surface area contributed by atoms with E-state index < -0.39 is 0 Å². The number of hydrogen-bond acceptors (Lipinski definition) is 2. The van der Waals surface area contributed by atoms with Crippen molar-refractivity contribution >= 4 is 0 Å². The van der Waals surface area contributed by atoms with E-state index in [0.29, 0.717) is 0 Å². The molecule has 1 saturated carbocycles. The molecule has 0 radical (unpaired) electrons. The fraction of sp³-hybridized carbons (Fsp3) is 0.667. The number of fused-ring (bicyclic) bond motifs is 1. The number of aromatic nitrogens is 2. The van der Waals surface area contributed by atoms with E-state index in [0.717, 1.165) is 19.0 Å². The third-order valence-corrected chi connectivity index (χ3v) is 2.82. The molecule has 64 valence electrons. The monoisotopic (exact) mass is 163 g/mol. The minimum atomic E-state index is 0.943. The minimum absolute atomic E-state index is 0.943. The maximum absolute atomic E-state index is 4.35. The summed E-state index contributed by atoms with van der Waals surface area (Å²) in [4.78, 5) is 0. The van der Waals surface area contributed by atoms with Crippen molar-refractivity contribution in [1.82, 2.24) is 15.5 Å². The van der Waals surface area contributed by atoms with Crippen molar-refractivity contribution in [2.45, 2.75) is 32.4 Å². The first-order chi connectivity index (χ1) is 5.93. The molecule has 0 amide bonds. The van der Waals surface area contributed by atoms with Crippen LogP contribution >= 0.6 is 0 Å². The van der Waals surface area contributed by atoms with Gasteiger partial charge in [-0.2, -0.15) is 5.10 Å². The van der Waals surface area contributed by atoms with E-state index in [1.807, 2.05) is 0 Å². The fourth-order valence-electron chi connectivity index (χ4n) is 1.88. The Morgan fingerprint density at radius 3 is 3.08 bits per heavy atom. The highest BCUT2D eigenvalue weighted by Gasteiger charge is 2.26. The predicted molar refractivity (Wildman–Crippen MR) is 45.6 cm³/mol. The first kappa shape index (κ1) is 6.66. The van der Waals surface area contributed by atoms with Gasteiger partial charge in [-0.3, -0.25) is 5.10 Å². The smallest absolute Gasteiger partial charge is 0.0673 e. The van der Waals surface area contributed by atoms with Crippen molar-refractivity contribution in [3.05, 3.63) is 17.0 Å². The summed E-state index contributed by atoms with van der Waals surface area (Å²) in [6.45, 7) is 2.00. The summed E-state index contributed by atoms with van der Waals surface area (Å²) >= 11 is 0. The Morgan fingerprint density at radius 1 is 1.33 bits per heavy atom. The highest BCUT2D eigenvalue weighted by atomic mass is 15.2. The molecule has 3 heteroatoms. The lowest BCUT2D eigenvalue weighted by molar-refractivity contribution is 0.716. The Balaban J connectivity index is 1.88. The molecule has 0 bridgehead atoms. The van der Waals surface area contributed by atoms with Gasteiger partial charge < -0.3 is 5.32 Å². The van der Waals surface area contributed by atoms with Gasteiger partial charge in [-0.05, 0) is 25.2 Å². The molecule has 2 aliphatic rings. The number of aromatic amines is 1. The summed E-state index contributed by atoms with van der Waals surface area (Å²) in [5, 5.41) is 10.8. The Kier molecular flexibility index (Phi) is 1.29. The zero-order chi connectivity index (χ0) is 7.97. The van der Waals surface area contributed by atoms with Crippen LogP contribution in [0.3, 0.4) is 0 Å². The topological polar surface area (TPSA) is 40.7 Å². The third-order valence-electron chi connectivity index (χ3n) is 2.82. The van der Waals surface area contributed by atoms with Gasteiger partial charge in [0.1, 0.15) is 0 Å². The Labute approximate surface area is 71.6 Å². The Hall–Kier alpha value is -0.830. The van der Waals surface area contributed by atoms with Gasteiger partial charge in [0.25, 0.3) is 0 Å². The van der Waals surface area contributed by atoms with E-state index in [-0.39, 0.29) is 0 Å². The van der Waals surface area contributed by atoms with Gasteiger partial charge in [0.15, 0.2) is 0 Å². The van der Waals surface area contributed by atoms with E-state index >= 15 is 0 Å². The van der Waals surface area contributed by atoms with E-state index in [1.165, 1.54) is 36.2 Å². The molecule has 0 spiro atoms. The fourth-order valence-corrected chi connectivity index (χ4v) is 1.88. The minimum Gasteiger partial charge on any atom is -0.307 e. The molecule has 2 N–H and O–H groups in total. The molecule has 3 rings (SSSR count). The highest BCUT2D eigenvalue weighted by Crippen LogP contribution is 2.33. The molecule has 2 heterocycles. The summed E-state index contributed by atoms with van der Waals surface area (Å²) in [6, 6.07) is 0. The first-order valence-electron chi connectivity index (χ1n) is 4.69. The third kappa shape index (κ3) is 0.966. The first-order valence-corrected chi connectivity index (χ1v) is 4.69. The van der Waals surface area contributed by atoms with Crippen molar-refractivity contribution in [2.24, 2.45) is 5.92 Å². The molecule has 0 atom stereocenters. The van der Waals surface area contributed by atoms with Gasteiger partial charge in [0, 0.05) is 18.7 Å². The van der Waals surface area contributed by atoms with Crippen LogP contribution < -0.4 is 5.32 Å². The lowest BCUT2D eigenvalue weighted by Gasteiger charge is -1.95. The molecule has 1 aromatic heterocycles. The quantitative estimate of drug-likeness (QED) is 0.682. The van der Waals surface area contributed by atoms with Crippen LogP contribution in [0.15, 0.2) is 0 Å². The molecule has 1 aliphatic carbocycles. The SMILES string of the molecule is C1NCc2c(CC3CC3)n[nH]c21. The lowest BCUT2D eigenvalue weighted by atomic mass is 10.1. The van der Waals surface area contributed by atoms with Crippen molar-refractivity contribution in [3.8, 4) is 0 Å². The van der Waals surface area contributed by atoms with Gasteiger partial charge >= 0.3 is 0 Å². The van der Waals surface area contributed by atoms with Gasteiger partial charge in [0.2, 0.25) is 0 Å². The molecule has 1 fully saturated rings. The molecule has 12 heavy (non-hydrogen) atoms. The van der Waals surface area contributed by atoms with Crippen molar-refractivity contribution in [2.75, 3.05) is 0 Å². The van der Waals surface area contributed by atoms with Crippen LogP contribution in [0.2, 0.25) is 0 Å². The van der Waals surface area contributed by atoms with Gasteiger partial charge in [-0.25, -0.2) is 0 Å². The summed E-state index contributed by atoms with van der Waals surface area (Å²) in [6.07, 6.45) is 4.03. The lowest BCUT2D eigenvalue weighted by Crippen LogP contribution is -2.04. The molecule has 0 unspecified atom stereocenters. The molecule has 0 saturated heterocycles. The second kappa shape index (κ2) is 2.33. The summed E-state index contributed by atoms with van der Waals surface area (Å²) in [7, 11) is 0. The second-order valence-electron chi connectivity index (χ2n) is 3.88. The summed E-state index contributed by atoms with van der Waals surface area (Å²) < 4.78 is 0. The molecular formula is C9H13N3. The molecule has 1 aromatic rings. The largest absolute Gasteiger partial charge is 0.307 e. The van der Waals surface area contributed by atoms with Gasteiger partial charge in [-0.15, -0.1) is 0 Å². The molecule has 0 aromatic carbocycles. The number of nitrogens with zero attached hydrogens (tertiary/aromatic N) is 1. The number of rotatable bonds is 2. The normalized spacial score (nSPS) is 21.3. The molecule has 3 nitrogen and oxygen atoms in total. The number of nitrogens with one attached hydrogen (secondary N) is 2. The number of H-pyrrole nitrogens is 1. The van der Waals surface area contributed by atoms with Gasteiger partial charge in [0.05, 0.1) is 11.4 Å². The van der Waals surface area contributed by atoms with E-state index in [2.05, 4.69) is 15.5 Å². The zero-order valence-corrected chi connectivity index (χ0v) is 7.06. The predicted octanol–water partition coefficient (Wildman–Crippen LogP) is 0.965. The van der Waals surface area contributed by atoms with Crippen LogP contribution in [-0.2, 0) is 19.5 Å². The second-order valence-corrected chi connectivity index (χ2v) is 3.88. The maximum atomic E-state index is 4.35. The average Bonchev–Trinajstić information content (AvgIpc) is 2.63.